The monoisotopic (exact) mass is 304 g/mol. The van der Waals surface area contributed by atoms with Gasteiger partial charge in [-0.05, 0) is 37.0 Å². The summed E-state index contributed by atoms with van der Waals surface area (Å²) in [7, 11) is 0. The first-order valence-electron chi connectivity index (χ1n) is 6.62. The number of benzene rings is 1. The third-order valence-electron chi connectivity index (χ3n) is 2.74. The molecule has 0 saturated carbocycles. The third kappa shape index (κ3) is 6.37. The number of alkyl halides is 3. The van der Waals surface area contributed by atoms with Crippen molar-refractivity contribution in [1.82, 2.24) is 5.32 Å². The quantitative estimate of drug-likeness (QED) is 0.626. The molecule has 0 unspecified atom stereocenters. The molecule has 21 heavy (non-hydrogen) atoms. The smallest absolute Gasteiger partial charge is 0.404 e. The lowest BCUT2D eigenvalue weighted by atomic mass is 10.1. The molecule has 118 valence electrons. The second kappa shape index (κ2) is 7.19. The fourth-order valence-electron chi connectivity index (χ4n) is 1.72. The summed E-state index contributed by atoms with van der Waals surface area (Å²) >= 11 is 0. The summed E-state index contributed by atoms with van der Waals surface area (Å²) in [6.07, 6.45) is -2.98. The van der Waals surface area contributed by atoms with E-state index in [0.29, 0.717) is 12.5 Å². The average Bonchev–Trinajstić information content (AvgIpc) is 2.35. The second-order valence-electron chi connectivity index (χ2n) is 5.09. The average molecular weight is 304 g/mol. The maximum atomic E-state index is 12.1. The van der Waals surface area contributed by atoms with Crippen molar-refractivity contribution in [3.8, 4) is 5.75 Å². The predicted molar refractivity (Wildman–Crippen MR) is 73.9 cm³/mol. The van der Waals surface area contributed by atoms with E-state index in [-0.39, 0.29) is 17.2 Å². The van der Waals surface area contributed by atoms with Gasteiger partial charge in [0, 0.05) is 12.1 Å². The van der Waals surface area contributed by atoms with Crippen molar-refractivity contribution in [3.63, 3.8) is 0 Å². The number of carbonyl (C=O) groups is 1. The van der Waals surface area contributed by atoms with Crippen molar-refractivity contribution in [2.75, 3.05) is 12.3 Å². The van der Waals surface area contributed by atoms with Crippen LogP contribution in [0, 0.1) is 5.92 Å². The first kappa shape index (κ1) is 17.1. The Labute approximate surface area is 121 Å². The molecule has 0 atom stereocenters. The molecular formula is C14H19F3N2O2. The SMILES string of the molecule is CC(C)CCCNC(=O)c1ccc(OC(F)(F)F)c(N)c1. The lowest BCUT2D eigenvalue weighted by Crippen LogP contribution is -2.25. The molecule has 1 aromatic rings. The van der Waals surface area contributed by atoms with Crippen LogP contribution in [0.3, 0.4) is 0 Å². The number of amides is 1. The standard InChI is InChI=1S/C14H19F3N2O2/c1-9(2)4-3-7-19-13(20)10-5-6-12(11(18)8-10)21-14(15,16)17/h5-6,8-9H,3-4,7,18H2,1-2H3,(H,19,20). The van der Waals surface area contributed by atoms with Crippen LogP contribution in [0.15, 0.2) is 18.2 Å². The van der Waals surface area contributed by atoms with Gasteiger partial charge in [-0.25, -0.2) is 0 Å². The van der Waals surface area contributed by atoms with Crippen molar-refractivity contribution in [2.45, 2.75) is 33.1 Å². The number of ether oxygens (including phenoxy) is 1. The van der Waals surface area contributed by atoms with Crippen LogP contribution >= 0.6 is 0 Å². The molecule has 0 aromatic heterocycles. The Hall–Kier alpha value is -1.92. The van der Waals surface area contributed by atoms with Gasteiger partial charge in [-0.2, -0.15) is 0 Å². The minimum atomic E-state index is -4.81. The lowest BCUT2D eigenvalue weighted by molar-refractivity contribution is -0.274. The van der Waals surface area contributed by atoms with Gasteiger partial charge in [0.2, 0.25) is 0 Å². The summed E-state index contributed by atoms with van der Waals surface area (Å²) in [4.78, 5) is 11.8. The number of anilines is 1. The molecule has 0 radical (unpaired) electrons. The van der Waals surface area contributed by atoms with E-state index < -0.39 is 12.1 Å². The fourth-order valence-corrected chi connectivity index (χ4v) is 1.72. The van der Waals surface area contributed by atoms with Gasteiger partial charge in [-0.1, -0.05) is 13.8 Å². The molecule has 0 fully saturated rings. The van der Waals surface area contributed by atoms with Gasteiger partial charge in [0.25, 0.3) is 5.91 Å². The minimum absolute atomic E-state index is 0.201. The van der Waals surface area contributed by atoms with Crippen molar-refractivity contribution in [3.05, 3.63) is 23.8 Å². The number of hydrogen-bond acceptors (Lipinski definition) is 3. The molecule has 0 aliphatic carbocycles. The van der Waals surface area contributed by atoms with Gasteiger partial charge >= 0.3 is 6.36 Å². The van der Waals surface area contributed by atoms with E-state index in [1.165, 1.54) is 12.1 Å². The van der Waals surface area contributed by atoms with Crippen LogP contribution < -0.4 is 15.8 Å². The van der Waals surface area contributed by atoms with Gasteiger partial charge in [-0.15, -0.1) is 13.2 Å². The molecule has 0 aliphatic rings. The molecule has 0 saturated heterocycles. The minimum Gasteiger partial charge on any atom is -0.404 e. The van der Waals surface area contributed by atoms with E-state index in [0.717, 1.165) is 18.9 Å². The maximum Gasteiger partial charge on any atom is 0.573 e. The van der Waals surface area contributed by atoms with Crippen LogP contribution in [-0.4, -0.2) is 18.8 Å². The topological polar surface area (TPSA) is 64.3 Å². The zero-order valence-electron chi connectivity index (χ0n) is 12.0. The first-order chi connectivity index (χ1) is 9.69. The highest BCUT2D eigenvalue weighted by Crippen LogP contribution is 2.28. The van der Waals surface area contributed by atoms with Gasteiger partial charge < -0.3 is 15.8 Å². The van der Waals surface area contributed by atoms with E-state index in [1.807, 2.05) is 0 Å². The molecular weight excluding hydrogens is 285 g/mol. The third-order valence-corrected chi connectivity index (χ3v) is 2.74. The summed E-state index contributed by atoms with van der Waals surface area (Å²) in [6.45, 7) is 4.68. The normalized spacial score (nSPS) is 11.5. The Morgan fingerprint density at radius 1 is 1.38 bits per heavy atom. The highest BCUT2D eigenvalue weighted by Gasteiger charge is 2.32. The molecule has 0 heterocycles. The molecule has 0 bridgehead atoms. The van der Waals surface area contributed by atoms with Gasteiger partial charge in [0.15, 0.2) is 5.75 Å². The highest BCUT2D eigenvalue weighted by atomic mass is 19.4. The fraction of sp³-hybridized carbons (Fsp3) is 0.500. The number of rotatable bonds is 6. The zero-order valence-corrected chi connectivity index (χ0v) is 12.0. The van der Waals surface area contributed by atoms with Crippen molar-refractivity contribution >= 4 is 11.6 Å². The van der Waals surface area contributed by atoms with Crippen molar-refractivity contribution in [1.29, 1.82) is 0 Å². The number of carbonyl (C=O) groups excluding carboxylic acids is 1. The summed E-state index contributed by atoms with van der Waals surface area (Å²) < 4.78 is 40.0. The van der Waals surface area contributed by atoms with Gasteiger partial charge in [0.05, 0.1) is 5.69 Å². The Morgan fingerprint density at radius 3 is 2.57 bits per heavy atom. The molecule has 1 aromatic carbocycles. The van der Waals surface area contributed by atoms with E-state index in [1.54, 1.807) is 0 Å². The number of nitrogens with two attached hydrogens (primary N) is 1. The summed E-state index contributed by atoms with van der Waals surface area (Å²) in [5.41, 5.74) is 5.42. The number of halogens is 3. The highest BCUT2D eigenvalue weighted by molar-refractivity contribution is 5.95. The molecule has 3 N–H and O–H groups in total. The Bertz CT molecular complexity index is 488. The summed E-state index contributed by atoms with van der Waals surface area (Å²) in [5, 5.41) is 2.69. The van der Waals surface area contributed by atoms with Crippen LogP contribution in [-0.2, 0) is 0 Å². The molecule has 7 heteroatoms. The van der Waals surface area contributed by atoms with Crippen LogP contribution in [0.5, 0.6) is 5.75 Å². The Kier molecular flexibility index (Phi) is 5.87. The van der Waals surface area contributed by atoms with Gasteiger partial charge in [0.1, 0.15) is 0 Å². The molecule has 0 spiro atoms. The predicted octanol–water partition coefficient (Wildman–Crippen LogP) is 3.33. The second-order valence-corrected chi connectivity index (χ2v) is 5.09. The lowest BCUT2D eigenvalue weighted by Gasteiger charge is -2.12. The maximum absolute atomic E-state index is 12.1. The van der Waals surface area contributed by atoms with E-state index >= 15 is 0 Å². The number of nitrogen functional groups attached to an aromatic ring is 1. The van der Waals surface area contributed by atoms with Crippen LogP contribution in [0.2, 0.25) is 0 Å². The van der Waals surface area contributed by atoms with Gasteiger partial charge in [-0.3, -0.25) is 4.79 Å². The van der Waals surface area contributed by atoms with Crippen LogP contribution in [0.25, 0.3) is 0 Å². The first-order valence-corrected chi connectivity index (χ1v) is 6.62. The molecule has 1 amide bonds. The number of nitrogens with one attached hydrogen (secondary N) is 1. The molecule has 4 nitrogen and oxygen atoms in total. The molecule has 0 aliphatic heterocycles. The Balaban J connectivity index is 2.60. The summed E-state index contributed by atoms with van der Waals surface area (Å²) in [5.74, 6) is -0.334. The van der Waals surface area contributed by atoms with Crippen LogP contribution in [0.1, 0.15) is 37.0 Å². The number of hydrogen-bond donors (Lipinski definition) is 2. The van der Waals surface area contributed by atoms with E-state index in [2.05, 4.69) is 23.9 Å². The van der Waals surface area contributed by atoms with E-state index in [9.17, 15) is 18.0 Å². The zero-order chi connectivity index (χ0) is 16.0. The molecule has 1 rings (SSSR count). The van der Waals surface area contributed by atoms with Crippen molar-refractivity contribution in [2.24, 2.45) is 5.92 Å². The largest absolute Gasteiger partial charge is 0.573 e. The van der Waals surface area contributed by atoms with E-state index in [4.69, 9.17) is 5.73 Å². The summed E-state index contributed by atoms with van der Waals surface area (Å²) in [6, 6.07) is 3.44. The van der Waals surface area contributed by atoms with Crippen LogP contribution in [0.4, 0.5) is 18.9 Å². The van der Waals surface area contributed by atoms with Crippen molar-refractivity contribution < 1.29 is 22.7 Å². The Morgan fingerprint density at radius 2 is 2.05 bits per heavy atom.